The smallest absolute Gasteiger partial charge is 0.150 e. The molecule has 0 saturated heterocycles. The van der Waals surface area contributed by atoms with Crippen molar-refractivity contribution in [1.82, 2.24) is 5.32 Å². The van der Waals surface area contributed by atoms with Crippen LogP contribution in [0, 0.1) is 11.8 Å². The lowest BCUT2D eigenvalue weighted by molar-refractivity contribution is 0.282. The van der Waals surface area contributed by atoms with Crippen LogP contribution in [-0.2, 0) is 9.84 Å². The Hall–Kier alpha value is -0.0900. The molecule has 1 fully saturated rings. The standard InChI is InChI=1S/C15H31NO2S/c1-4-11-16-15(14-9-6-8-13(14)3)10-7-12-19(17,18)5-2/h13-16H,4-12H2,1-3H3. The van der Waals surface area contributed by atoms with E-state index >= 15 is 0 Å². The third-order valence-corrected chi connectivity index (χ3v) is 6.30. The summed E-state index contributed by atoms with van der Waals surface area (Å²) >= 11 is 0. The van der Waals surface area contributed by atoms with Crippen LogP contribution in [0.15, 0.2) is 0 Å². The van der Waals surface area contributed by atoms with Crippen LogP contribution in [0.3, 0.4) is 0 Å². The van der Waals surface area contributed by atoms with Gasteiger partial charge in [0.25, 0.3) is 0 Å². The first kappa shape index (κ1) is 17.0. The van der Waals surface area contributed by atoms with E-state index in [1.54, 1.807) is 6.92 Å². The molecule has 3 nitrogen and oxygen atoms in total. The van der Waals surface area contributed by atoms with Crippen LogP contribution in [0.2, 0.25) is 0 Å². The highest BCUT2D eigenvalue weighted by Gasteiger charge is 2.30. The molecule has 3 unspecified atom stereocenters. The fraction of sp³-hybridized carbons (Fsp3) is 1.00. The summed E-state index contributed by atoms with van der Waals surface area (Å²) in [4.78, 5) is 0. The molecule has 0 aromatic carbocycles. The Kier molecular flexibility index (Phi) is 7.37. The normalized spacial score (nSPS) is 25.6. The van der Waals surface area contributed by atoms with E-state index in [-0.39, 0.29) is 5.75 Å². The van der Waals surface area contributed by atoms with E-state index in [2.05, 4.69) is 19.2 Å². The minimum atomic E-state index is -2.80. The fourth-order valence-corrected chi connectivity index (χ4v) is 4.13. The van der Waals surface area contributed by atoms with E-state index < -0.39 is 9.84 Å². The van der Waals surface area contributed by atoms with Crippen LogP contribution in [-0.4, -0.2) is 32.5 Å². The Labute approximate surface area is 119 Å². The average molecular weight is 289 g/mol. The number of hydrogen-bond donors (Lipinski definition) is 1. The molecule has 1 N–H and O–H groups in total. The van der Waals surface area contributed by atoms with Gasteiger partial charge in [-0.15, -0.1) is 0 Å². The van der Waals surface area contributed by atoms with Crippen molar-refractivity contribution in [2.24, 2.45) is 11.8 Å². The molecule has 0 heterocycles. The van der Waals surface area contributed by atoms with E-state index in [1.807, 2.05) is 0 Å². The average Bonchev–Trinajstić information content (AvgIpc) is 2.80. The molecular formula is C15H31NO2S. The van der Waals surface area contributed by atoms with Crippen LogP contribution < -0.4 is 5.32 Å². The fourth-order valence-electron chi connectivity index (χ4n) is 3.24. The molecule has 0 aromatic rings. The highest BCUT2D eigenvalue weighted by atomic mass is 32.2. The van der Waals surface area contributed by atoms with Gasteiger partial charge in [-0.05, 0) is 44.1 Å². The van der Waals surface area contributed by atoms with E-state index in [0.717, 1.165) is 37.6 Å². The van der Waals surface area contributed by atoms with Gasteiger partial charge in [0.15, 0.2) is 0 Å². The molecule has 3 atom stereocenters. The van der Waals surface area contributed by atoms with Crippen molar-refractivity contribution in [3.63, 3.8) is 0 Å². The second kappa shape index (κ2) is 8.25. The molecule has 4 heteroatoms. The summed E-state index contributed by atoms with van der Waals surface area (Å²) in [6.07, 6.45) is 6.94. The largest absolute Gasteiger partial charge is 0.314 e. The van der Waals surface area contributed by atoms with E-state index in [1.165, 1.54) is 19.3 Å². The van der Waals surface area contributed by atoms with Crippen LogP contribution >= 0.6 is 0 Å². The number of hydrogen-bond acceptors (Lipinski definition) is 3. The quantitative estimate of drug-likeness (QED) is 0.710. The van der Waals surface area contributed by atoms with E-state index in [9.17, 15) is 8.42 Å². The Morgan fingerprint density at radius 3 is 2.53 bits per heavy atom. The van der Waals surface area contributed by atoms with Crippen LogP contribution in [0.5, 0.6) is 0 Å². The maximum Gasteiger partial charge on any atom is 0.150 e. The summed E-state index contributed by atoms with van der Waals surface area (Å²) in [7, 11) is -2.80. The predicted octanol–water partition coefficient (Wildman–Crippen LogP) is 3.01. The molecule has 1 aliphatic rings. The van der Waals surface area contributed by atoms with Crippen molar-refractivity contribution in [1.29, 1.82) is 0 Å². The second-order valence-corrected chi connectivity index (χ2v) is 8.48. The van der Waals surface area contributed by atoms with Gasteiger partial charge in [-0.3, -0.25) is 0 Å². The predicted molar refractivity (Wildman–Crippen MR) is 82.1 cm³/mol. The van der Waals surface area contributed by atoms with Gasteiger partial charge < -0.3 is 5.32 Å². The minimum Gasteiger partial charge on any atom is -0.314 e. The summed E-state index contributed by atoms with van der Waals surface area (Å²) < 4.78 is 23.1. The summed E-state index contributed by atoms with van der Waals surface area (Å²) in [5.41, 5.74) is 0. The van der Waals surface area contributed by atoms with Gasteiger partial charge in [-0.2, -0.15) is 0 Å². The number of sulfone groups is 1. The summed E-state index contributed by atoms with van der Waals surface area (Å²) in [6, 6.07) is 0.518. The zero-order chi connectivity index (χ0) is 14.3. The van der Waals surface area contributed by atoms with Gasteiger partial charge in [-0.1, -0.05) is 33.6 Å². The second-order valence-electron chi connectivity index (χ2n) is 6.01. The Balaban J connectivity index is 2.45. The maximum atomic E-state index is 11.6. The van der Waals surface area contributed by atoms with Crippen LogP contribution in [0.1, 0.15) is 59.3 Å². The minimum absolute atomic E-state index is 0.278. The molecule has 1 saturated carbocycles. The molecule has 0 aliphatic heterocycles. The zero-order valence-electron chi connectivity index (χ0n) is 12.8. The topological polar surface area (TPSA) is 46.2 Å². The summed E-state index contributed by atoms with van der Waals surface area (Å²) in [6.45, 7) is 7.32. The molecule has 0 spiro atoms. The van der Waals surface area contributed by atoms with Gasteiger partial charge in [0.1, 0.15) is 9.84 Å². The lowest BCUT2D eigenvalue weighted by atomic mass is 9.87. The molecule has 0 radical (unpaired) electrons. The third-order valence-electron chi connectivity index (χ3n) is 4.51. The first-order valence-electron chi connectivity index (χ1n) is 7.94. The Morgan fingerprint density at radius 1 is 1.26 bits per heavy atom. The van der Waals surface area contributed by atoms with E-state index in [0.29, 0.717) is 11.8 Å². The SMILES string of the molecule is CCCNC(CCCS(=O)(=O)CC)C1CCCC1C. The monoisotopic (exact) mass is 289 g/mol. The molecular weight excluding hydrogens is 258 g/mol. The maximum absolute atomic E-state index is 11.6. The summed E-state index contributed by atoms with van der Waals surface area (Å²) in [5, 5.41) is 3.65. The molecule has 0 amide bonds. The Morgan fingerprint density at radius 2 is 2.00 bits per heavy atom. The van der Waals surface area contributed by atoms with Gasteiger partial charge >= 0.3 is 0 Å². The zero-order valence-corrected chi connectivity index (χ0v) is 13.6. The molecule has 0 aromatic heterocycles. The highest BCUT2D eigenvalue weighted by Crippen LogP contribution is 2.35. The van der Waals surface area contributed by atoms with E-state index in [4.69, 9.17) is 0 Å². The lowest BCUT2D eigenvalue weighted by Gasteiger charge is -2.28. The van der Waals surface area contributed by atoms with Gasteiger partial charge in [0.05, 0.1) is 5.75 Å². The molecule has 114 valence electrons. The van der Waals surface area contributed by atoms with Gasteiger partial charge in [-0.25, -0.2) is 8.42 Å². The number of nitrogens with one attached hydrogen (secondary N) is 1. The van der Waals surface area contributed by atoms with Crippen molar-refractivity contribution in [3.8, 4) is 0 Å². The molecule has 0 bridgehead atoms. The van der Waals surface area contributed by atoms with Crippen molar-refractivity contribution in [3.05, 3.63) is 0 Å². The van der Waals surface area contributed by atoms with Crippen molar-refractivity contribution < 1.29 is 8.42 Å². The molecule has 1 aliphatic carbocycles. The van der Waals surface area contributed by atoms with Crippen LogP contribution in [0.25, 0.3) is 0 Å². The third kappa shape index (κ3) is 5.82. The highest BCUT2D eigenvalue weighted by molar-refractivity contribution is 7.91. The first-order chi connectivity index (χ1) is 9.00. The molecule has 19 heavy (non-hydrogen) atoms. The van der Waals surface area contributed by atoms with Crippen LogP contribution in [0.4, 0.5) is 0 Å². The first-order valence-corrected chi connectivity index (χ1v) is 9.76. The number of rotatable bonds is 9. The molecule has 1 rings (SSSR count). The van der Waals surface area contributed by atoms with Crippen molar-refractivity contribution in [2.75, 3.05) is 18.1 Å². The Bertz CT molecular complexity index is 340. The lowest BCUT2D eigenvalue weighted by Crippen LogP contribution is -2.38. The van der Waals surface area contributed by atoms with Gasteiger partial charge in [0.2, 0.25) is 0 Å². The van der Waals surface area contributed by atoms with Crippen molar-refractivity contribution >= 4 is 9.84 Å². The summed E-state index contributed by atoms with van der Waals surface area (Å²) in [5.74, 6) is 2.17. The van der Waals surface area contributed by atoms with Gasteiger partial charge in [0, 0.05) is 11.8 Å². The van der Waals surface area contributed by atoms with Crippen molar-refractivity contribution in [2.45, 2.75) is 65.3 Å².